The van der Waals surface area contributed by atoms with Gasteiger partial charge in [0.2, 0.25) is 5.91 Å². The van der Waals surface area contributed by atoms with Crippen LogP contribution in [0, 0.1) is 16.0 Å². The zero-order chi connectivity index (χ0) is 20.4. The molecule has 1 saturated carbocycles. The zero-order valence-electron chi connectivity index (χ0n) is 15.2. The first kappa shape index (κ1) is 18.4. The molecule has 1 heterocycles. The van der Waals surface area contributed by atoms with Gasteiger partial charge in [0.1, 0.15) is 5.69 Å². The molecule has 2 aromatic carbocycles. The molecule has 0 atom stereocenters. The van der Waals surface area contributed by atoms with Gasteiger partial charge in [-0.3, -0.25) is 19.7 Å². The van der Waals surface area contributed by atoms with Crippen molar-refractivity contribution in [1.82, 2.24) is 9.55 Å². The lowest BCUT2D eigenvalue weighted by Crippen LogP contribution is -2.14. The number of rotatable bonds is 6. The number of nitro groups is 1. The van der Waals surface area contributed by atoms with Crippen LogP contribution in [-0.4, -0.2) is 26.3 Å². The van der Waals surface area contributed by atoms with Crippen molar-refractivity contribution < 1.29 is 14.5 Å². The molecule has 1 aromatic heterocycles. The Labute approximate surface area is 165 Å². The molecular formula is C20H17N5O4. The Balaban J connectivity index is 1.48. The first-order valence-electron chi connectivity index (χ1n) is 9.00. The molecular weight excluding hydrogens is 374 g/mol. The minimum Gasteiger partial charge on any atom is -0.326 e. The van der Waals surface area contributed by atoms with Crippen LogP contribution in [0.25, 0.3) is 5.69 Å². The third-order valence-electron chi connectivity index (χ3n) is 4.58. The largest absolute Gasteiger partial charge is 0.326 e. The second-order valence-electron chi connectivity index (χ2n) is 6.73. The monoisotopic (exact) mass is 391 g/mol. The predicted molar refractivity (Wildman–Crippen MR) is 106 cm³/mol. The molecule has 3 aromatic rings. The van der Waals surface area contributed by atoms with Gasteiger partial charge in [0.15, 0.2) is 0 Å². The fraction of sp³-hybridized carbons (Fsp3) is 0.150. The number of anilines is 2. The highest BCUT2D eigenvalue weighted by Crippen LogP contribution is 2.30. The van der Waals surface area contributed by atoms with E-state index in [1.54, 1.807) is 30.5 Å². The maximum Gasteiger partial charge on any atom is 0.294 e. The first-order valence-corrected chi connectivity index (χ1v) is 9.00. The summed E-state index contributed by atoms with van der Waals surface area (Å²) in [5, 5.41) is 17.0. The van der Waals surface area contributed by atoms with Crippen molar-refractivity contribution in [1.29, 1.82) is 0 Å². The second kappa shape index (κ2) is 7.55. The van der Waals surface area contributed by atoms with Crippen molar-refractivity contribution in [3.63, 3.8) is 0 Å². The topological polar surface area (TPSA) is 119 Å². The van der Waals surface area contributed by atoms with Gasteiger partial charge in [0, 0.05) is 41.3 Å². The summed E-state index contributed by atoms with van der Waals surface area (Å²) in [6.45, 7) is 0. The van der Waals surface area contributed by atoms with Crippen LogP contribution in [0.4, 0.5) is 17.1 Å². The molecule has 4 rings (SSSR count). The molecule has 0 aliphatic heterocycles. The van der Waals surface area contributed by atoms with Gasteiger partial charge >= 0.3 is 0 Å². The molecule has 0 radical (unpaired) electrons. The van der Waals surface area contributed by atoms with Crippen molar-refractivity contribution in [2.75, 3.05) is 10.6 Å². The number of hydrogen-bond donors (Lipinski definition) is 2. The van der Waals surface area contributed by atoms with Gasteiger partial charge in [-0.15, -0.1) is 0 Å². The van der Waals surface area contributed by atoms with E-state index in [9.17, 15) is 19.7 Å². The lowest BCUT2D eigenvalue weighted by atomic mass is 10.1. The highest BCUT2D eigenvalue weighted by molar-refractivity contribution is 6.05. The van der Waals surface area contributed by atoms with Gasteiger partial charge in [-0.25, -0.2) is 4.98 Å². The molecule has 1 fully saturated rings. The van der Waals surface area contributed by atoms with Gasteiger partial charge in [-0.2, -0.15) is 0 Å². The maximum atomic E-state index is 12.5. The van der Waals surface area contributed by atoms with Crippen LogP contribution in [0.15, 0.2) is 61.2 Å². The molecule has 9 nitrogen and oxygen atoms in total. The van der Waals surface area contributed by atoms with E-state index in [1.807, 2.05) is 0 Å². The Kier molecular flexibility index (Phi) is 4.78. The number of hydrogen-bond acceptors (Lipinski definition) is 5. The molecule has 0 saturated heterocycles. The third-order valence-corrected chi connectivity index (χ3v) is 4.58. The van der Waals surface area contributed by atoms with Crippen molar-refractivity contribution in [2.24, 2.45) is 5.92 Å². The minimum absolute atomic E-state index is 0.00655. The Bertz CT molecular complexity index is 1070. The molecule has 9 heteroatoms. The van der Waals surface area contributed by atoms with E-state index < -0.39 is 10.8 Å². The molecule has 146 valence electrons. The van der Waals surface area contributed by atoms with Gasteiger partial charge < -0.3 is 15.2 Å². The van der Waals surface area contributed by atoms with Crippen LogP contribution in [0.5, 0.6) is 0 Å². The summed E-state index contributed by atoms with van der Waals surface area (Å²) in [6, 6.07) is 11.0. The van der Waals surface area contributed by atoms with Crippen LogP contribution in [0.2, 0.25) is 0 Å². The van der Waals surface area contributed by atoms with Gasteiger partial charge in [-0.05, 0) is 49.2 Å². The average Bonchev–Trinajstić information content (AvgIpc) is 3.43. The van der Waals surface area contributed by atoms with E-state index >= 15 is 0 Å². The lowest BCUT2D eigenvalue weighted by Gasteiger charge is -2.09. The van der Waals surface area contributed by atoms with Crippen molar-refractivity contribution in [2.45, 2.75) is 12.8 Å². The maximum absolute atomic E-state index is 12.5. The van der Waals surface area contributed by atoms with Crippen molar-refractivity contribution in [3.05, 3.63) is 76.9 Å². The summed E-state index contributed by atoms with van der Waals surface area (Å²) in [5.41, 5.74) is 1.45. The van der Waals surface area contributed by atoms with Gasteiger partial charge in [-0.1, -0.05) is 0 Å². The lowest BCUT2D eigenvalue weighted by molar-refractivity contribution is -0.384. The number of amides is 2. The van der Waals surface area contributed by atoms with E-state index in [0.29, 0.717) is 17.1 Å². The molecule has 2 N–H and O–H groups in total. The summed E-state index contributed by atoms with van der Waals surface area (Å²) in [6.07, 6.45) is 6.40. The summed E-state index contributed by atoms with van der Waals surface area (Å²) >= 11 is 0. The summed E-state index contributed by atoms with van der Waals surface area (Å²) in [5.74, 6) is -0.359. The van der Waals surface area contributed by atoms with E-state index in [4.69, 9.17) is 0 Å². The average molecular weight is 391 g/mol. The van der Waals surface area contributed by atoms with Gasteiger partial charge in [0.25, 0.3) is 11.6 Å². The Morgan fingerprint density at radius 1 is 1.07 bits per heavy atom. The number of benzene rings is 2. The molecule has 0 bridgehead atoms. The van der Waals surface area contributed by atoms with Crippen LogP contribution in [0.1, 0.15) is 23.2 Å². The minimum atomic E-state index is -0.538. The van der Waals surface area contributed by atoms with E-state index in [1.165, 1.54) is 35.3 Å². The second-order valence-corrected chi connectivity index (χ2v) is 6.73. The third kappa shape index (κ3) is 4.13. The number of nitrogens with one attached hydrogen (secondary N) is 2. The SMILES string of the molecule is O=C(Nc1ccc(NC(=O)C2CC2)cc1)c1ccc(-n2ccnc2)c([N+](=O)[O-])c1. The molecule has 29 heavy (non-hydrogen) atoms. The summed E-state index contributed by atoms with van der Waals surface area (Å²) < 4.78 is 1.51. The van der Waals surface area contributed by atoms with E-state index in [2.05, 4.69) is 15.6 Å². The van der Waals surface area contributed by atoms with E-state index in [-0.39, 0.29) is 23.1 Å². The highest BCUT2D eigenvalue weighted by atomic mass is 16.6. The first-order chi connectivity index (χ1) is 14.0. The van der Waals surface area contributed by atoms with Gasteiger partial charge in [0.05, 0.1) is 11.3 Å². The van der Waals surface area contributed by atoms with Crippen LogP contribution in [-0.2, 0) is 4.79 Å². The van der Waals surface area contributed by atoms with Crippen LogP contribution < -0.4 is 10.6 Å². The number of nitrogens with zero attached hydrogens (tertiary/aromatic N) is 3. The quantitative estimate of drug-likeness (QED) is 0.493. The van der Waals surface area contributed by atoms with Crippen molar-refractivity contribution in [3.8, 4) is 5.69 Å². The fourth-order valence-electron chi connectivity index (χ4n) is 2.86. The Morgan fingerprint density at radius 2 is 1.76 bits per heavy atom. The van der Waals surface area contributed by atoms with Crippen molar-refractivity contribution >= 4 is 28.9 Å². The number of carbonyl (C=O) groups excluding carboxylic acids is 2. The number of nitro benzene ring substituents is 1. The molecule has 0 unspecified atom stereocenters. The van der Waals surface area contributed by atoms with E-state index in [0.717, 1.165) is 12.8 Å². The van der Waals surface area contributed by atoms with Crippen LogP contribution >= 0.6 is 0 Å². The smallest absolute Gasteiger partial charge is 0.294 e. The number of imidazole rings is 1. The summed E-state index contributed by atoms with van der Waals surface area (Å²) in [7, 11) is 0. The fourth-order valence-corrected chi connectivity index (χ4v) is 2.86. The standard InChI is InChI=1S/C20H17N5O4/c26-19(13-1-2-13)22-15-4-6-16(7-5-15)23-20(27)14-3-8-17(18(11-14)25(28)29)24-10-9-21-12-24/h3-13H,1-2H2,(H,22,26)(H,23,27). The highest BCUT2D eigenvalue weighted by Gasteiger charge is 2.29. The Hall–Kier alpha value is -4.01. The summed E-state index contributed by atoms with van der Waals surface area (Å²) in [4.78, 5) is 39.1. The zero-order valence-corrected chi connectivity index (χ0v) is 15.2. The molecule has 2 amide bonds. The molecule has 1 aliphatic rings. The molecule has 0 spiro atoms. The normalized spacial score (nSPS) is 13.0. The molecule has 1 aliphatic carbocycles. The Morgan fingerprint density at radius 3 is 2.34 bits per heavy atom. The number of aromatic nitrogens is 2. The predicted octanol–water partition coefficient (Wildman–Crippen LogP) is 3.38. The van der Waals surface area contributed by atoms with Crippen LogP contribution in [0.3, 0.4) is 0 Å². The number of carbonyl (C=O) groups is 2.